The van der Waals surface area contributed by atoms with Crippen molar-refractivity contribution in [3.05, 3.63) is 95.7 Å². The summed E-state index contributed by atoms with van der Waals surface area (Å²) in [5.41, 5.74) is 6.54. The van der Waals surface area contributed by atoms with E-state index in [0.717, 1.165) is 24.2 Å². The summed E-state index contributed by atoms with van der Waals surface area (Å²) in [6.45, 7) is 0.178. The van der Waals surface area contributed by atoms with Gasteiger partial charge in [-0.05, 0) is 49.2 Å². The van der Waals surface area contributed by atoms with Gasteiger partial charge in [0, 0.05) is 5.92 Å². The molecule has 1 saturated carbocycles. The molecule has 2 N–H and O–H groups in total. The molecule has 0 unspecified atom stereocenters. The van der Waals surface area contributed by atoms with Gasteiger partial charge >= 0.3 is 5.91 Å². The molecule has 1 aliphatic rings. The molecular weight excluding hydrogens is 422 g/mol. The lowest BCUT2D eigenvalue weighted by Crippen LogP contribution is -2.42. The van der Waals surface area contributed by atoms with Gasteiger partial charge in [0.1, 0.15) is 18.1 Å². The number of hydrogen-bond acceptors (Lipinski definition) is 6. The van der Waals surface area contributed by atoms with E-state index in [4.69, 9.17) is 9.15 Å². The largest absolute Gasteiger partial charge is 0.486 e. The molecule has 2 aromatic carbocycles. The lowest BCUT2D eigenvalue weighted by Gasteiger charge is -2.08. The number of para-hydroxylation sites is 2. The molecule has 0 bridgehead atoms. The van der Waals surface area contributed by atoms with Gasteiger partial charge in [0.2, 0.25) is 0 Å². The number of nitrogens with one attached hydrogen (secondary N) is 2. The van der Waals surface area contributed by atoms with Crippen LogP contribution in [-0.2, 0) is 6.61 Å². The topological polar surface area (TPSA) is 111 Å². The van der Waals surface area contributed by atoms with Crippen molar-refractivity contribution in [2.75, 3.05) is 0 Å². The number of ether oxygens (including phenoxy) is 1. The van der Waals surface area contributed by atoms with Gasteiger partial charge in [-0.15, -0.1) is 5.10 Å². The molecule has 0 atom stereocenters. The minimum atomic E-state index is -0.585. The maximum Gasteiger partial charge on any atom is 0.305 e. The van der Waals surface area contributed by atoms with Gasteiger partial charge in [-0.25, -0.2) is 4.68 Å². The van der Waals surface area contributed by atoms with E-state index in [1.807, 2.05) is 60.7 Å². The number of aromatic nitrogens is 3. The Labute approximate surface area is 189 Å². The van der Waals surface area contributed by atoms with E-state index in [1.54, 1.807) is 10.7 Å². The lowest BCUT2D eigenvalue weighted by atomic mass is 10.2. The van der Waals surface area contributed by atoms with Crippen molar-refractivity contribution in [1.29, 1.82) is 0 Å². The molecule has 2 heterocycles. The van der Waals surface area contributed by atoms with E-state index in [2.05, 4.69) is 21.2 Å². The Morgan fingerprint density at radius 2 is 1.64 bits per heavy atom. The van der Waals surface area contributed by atoms with Crippen molar-refractivity contribution < 1.29 is 18.7 Å². The van der Waals surface area contributed by atoms with E-state index in [-0.39, 0.29) is 24.0 Å². The van der Waals surface area contributed by atoms with Crippen LogP contribution in [0.2, 0.25) is 0 Å². The molecule has 1 aliphatic carbocycles. The second-order valence-corrected chi connectivity index (χ2v) is 7.62. The molecule has 1 fully saturated rings. The number of benzene rings is 2. The normalized spacial score (nSPS) is 12.8. The molecule has 0 saturated heterocycles. The molecule has 9 heteroatoms. The highest BCUT2D eigenvalue weighted by Crippen LogP contribution is 2.41. The number of hydrazine groups is 1. The zero-order valence-electron chi connectivity index (χ0n) is 17.6. The molecular formula is C24H21N5O4. The van der Waals surface area contributed by atoms with Gasteiger partial charge in [-0.3, -0.25) is 20.4 Å². The second-order valence-electron chi connectivity index (χ2n) is 7.62. The van der Waals surface area contributed by atoms with Crippen molar-refractivity contribution in [2.24, 2.45) is 0 Å². The van der Waals surface area contributed by atoms with Crippen molar-refractivity contribution in [3.8, 4) is 11.4 Å². The zero-order valence-corrected chi connectivity index (χ0v) is 17.6. The van der Waals surface area contributed by atoms with Crippen LogP contribution in [0.5, 0.6) is 5.75 Å². The van der Waals surface area contributed by atoms with E-state index >= 15 is 0 Å². The smallest absolute Gasteiger partial charge is 0.305 e. The van der Waals surface area contributed by atoms with Crippen LogP contribution < -0.4 is 15.6 Å². The van der Waals surface area contributed by atoms with Gasteiger partial charge in [0.25, 0.3) is 5.91 Å². The first-order valence-corrected chi connectivity index (χ1v) is 10.6. The summed E-state index contributed by atoms with van der Waals surface area (Å²) in [5.74, 6) is 0.329. The molecule has 9 nitrogen and oxygen atoms in total. The number of furan rings is 1. The van der Waals surface area contributed by atoms with Crippen LogP contribution >= 0.6 is 0 Å². The summed E-state index contributed by atoms with van der Waals surface area (Å²) in [7, 11) is 0. The molecule has 5 rings (SSSR count). The van der Waals surface area contributed by atoms with E-state index in [9.17, 15) is 9.59 Å². The number of carbonyl (C=O) groups excluding carboxylic acids is 2. The summed E-state index contributed by atoms with van der Waals surface area (Å²) < 4.78 is 12.8. The average Bonchev–Trinajstić information content (AvgIpc) is 3.41. The maximum absolute atomic E-state index is 12.8. The quantitative estimate of drug-likeness (QED) is 0.424. The first-order chi connectivity index (χ1) is 16.2. The van der Waals surface area contributed by atoms with Crippen LogP contribution in [0.25, 0.3) is 5.69 Å². The van der Waals surface area contributed by atoms with Crippen LogP contribution in [0.1, 0.15) is 51.3 Å². The van der Waals surface area contributed by atoms with Crippen LogP contribution in [0.3, 0.4) is 0 Å². The van der Waals surface area contributed by atoms with Gasteiger partial charge in [0.15, 0.2) is 11.5 Å². The average molecular weight is 443 g/mol. The summed E-state index contributed by atoms with van der Waals surface area (Å²) in [6, 6.07) is 22.0. The van der Waals surface area contributed by atoms with Gasteiger partial charge in [0.05, 0.1) is 11.4 Å². The fourth-order valence-corrected chi connectivity index (χ4v) is 3.42. The predicted octanol–water partition coefficient (Wildman–Crippen LogP) is 3.39. The van der Waals surface area contributed by atoms with Crippen LogP contribution in [-0.4, -0.2) is 26.8 Å². The van der Waals surface area contributed by atoms with E-state index in [0.29, 0.717) is 11.5 Å². The standard InChI is InChI=1S/C24H21N5O4/c30-23(20-14-13-19(33-20)15-32-18-9-5-2-6-10-18)26-27-24(31)21-22(16-11-12-16)29(28-25-21)17-7-3-1-4-8-17/h1-10,13-14,16H,11-12,15H2,(H,26,30)(H,27,31). The van der Waals surface area contributed by atoms with Gasteiger partial charge in [-0.1, -0.05) is 41.6 Å². The Balaban J connectivity index is 1.22. The summed E-state index contributed by atoms with van der Waals surface area (Å²) >= 11 is 0. The zero-order chi connectivity index (χ0) is 22.6. The Morgan fingerprint density at radius 1 is 0.939 bits per heavy atom. The SMILES string of the molecule is O=C(NNC(=O)c1nnn(-c2ccccc2)c1C1CC1)c1ccc(COc2ccccc2)o1. The highest BCUT2D eigenvalue weighted by molar-refractivity contribution is 5.97. The maximum atomic E-state index is 12.8. The van der Waals surface area contributed by atoms with Crippen molar-refractivity contribution in [1.82, 2.24) is 25.8 Å². The molecule has 2 aromatic heterocycles. The molecule has 166 valence electrons. The summed E-state index contributed by atoms with van der Waals surface area (Å²) in [5, 5.41) is 8.23. The van der Waals surface area contributed by atoms with Crippen LogP contribution in [0.15, 0.2) is 77.2 Å². The molecule has 2 amide bonds. The summed E-state index contributed by atoms with van der Waals surface area (Å²) in [6.07, 6.45) is 1.93. The third kappa shape index (κ3) is 4.62. The van der Waals surface area contributed by atoms with Crippen LogP contribution in [0, 0.1) is 0 Å². The van der Waals surface area contributed by atoms with Gasteiger partial charge < -0.3 is 9.15 Å². The number of amides is 2. The van der Waals surface area contributed by atoms with Crippen molar-refractivity contribution in [2.45, 2.75) is 25.4 Å². The molecule has 33 heavy (non-hydrogen) atoms. The highest BCUT2D eigenvalue weighted by Gasteiger charge is 2.34. The third-order valence-corrected chi connectivity index (χ3v) is 5.18. The fraction of sp³-hybridized carbons (Fsp3) is 0.167. The van der Waals surface area contributed by atoms with Gasteiger partial charge in [-0.2, -0.15) is 0 Å². The molecule has 0 spiro atoms. The van der Waals surface area contributed by atoms with Crippen molar-refractivity contribution in [3.63, 3.8) is 0 Å². The Hall–Kier alpha value is -4.40. The van der Waals surface area contributed by atoms with E-state index < -0.39 is 11.8 Å². The monoisotopic (exact) mass is 443 g/mol. The number of nitrogens with zero attached hydrogens (tertiary/aromatic N) is 3. The molecule has 4 aromatic rings. The second kappa shape index (κ2) is 8.99. The predicted molar refractivity (Wildman–Crippen MR) is 118 cm³/mol. The first kappa shape index (κ1) is 20.5. The first-order valence-electron chi connectivity index (χ1n) is 10.6. The minimum Gasteiger partial charge on any atom is -0.486 e. The molecule has 0 radical (unpaired) electrons. The minimum absolute atomic E-state index is 0.0531. The lowest BCUT2D eigenvalue weighted by molar-refractivity contribution is 0.0825. The number of hydrogen-bond donors (Lipinski definition) is 2. The molecule has 0 aliphatic heterocycles. The summed E-state index contributed by atoms with van der Waals surface area (Å²) in [4.78, 5) is 25.2. The fourth-order valence-electron chi connectivity index (χ4n) is 3.42. The third-order valence-electron chi connectivity index (χ3n) is 5.18. The number of rotatable bonds is 7. The Bertz CT molecular complexity index is 1260. The van der Waals surface area contributed by atoms with Crippen molar-refractivity contribution >= 4 is 11.8 Å². The van der Waals surface area contributed by atoms with E-state index in [1.165, 1.54) is 6.07 Å². The Morgan fingerprint density at radius 3 is 2.36 bits per heavy atom. The Kier molecular flexibility index (Phi) is 5.59. The van der Waals surface area contributed by atoms with Crippen LogP contribution in [0.4, 0.5) is 0 Å². The number of carbonyl (C=O) groups is 2. The highest BCUT2D eigenvalue weighted by atomic mass is 16.5.